The van der Waals surface area contributed by atoms with Crippen LogP contribution in [0.4, 0.5) is 5.69 Å². The summed E-state index contributed by atoms with van der Waals surface area (Å²) in [4.78, 5) is 12.1. The molecule has 1 amide bonds. The van der Waals surface area contributed by atoms with Crippen LogP contribution in [0.25, 0.3) is 6.08 Å². The number of rotatable bonds is 4. The predicted molar refractivity (Wildman–Crippen MR) is 86.1 cm³/mol. The number of carbonyl (C=O) groups excluding carboxylic acids is 1. The fourth-order valence-electron chi connectivity index (χ4n) is 1.91. The van der Waals surface area contributed by atoms with Crippen LogP contribution in [0.3, 0.4) is 0 Å². The molecule has 0 spiro atoms. The molecule has 2 rings (SSSR count). The van der Waals surface area contributed by atoms with Gasteiger partial charge in [-0.05, 0) is 47.9 Å². The summed E-state index contributed by atoms with van der Waals surface area (Å²) < 4.78 is 0. The number of nitriles is 1. The fourth-order valence-corrected chi connectivity index (χ4v) is 1.91. The maximum atomic E-state index is 12.1. The smallest absolute Gasteiger partial charge is 0.266 e. The largest absolute Gasteiger partial charge is 0.508 e. The van der Waals surface area contributed by atoms with Crippen molar-refractivity contribution in [2.24, 2.45) is 0 Å². The molecule has 4 nitrogen and oxygen atoms in total. The Hall–Kier alpha value is -3.06. The van der Waals surface area contributed by atoms with Gasteiger partial charge in [-0.15, -0.1) is 0 Å². The molecule has 4 heteroatoms. The summed E-state index contributed by atoms with van der Waals surface area (Å²) in [7, 11) is 0. The maximum Gasteiger partial charge on any atom is 0.266 e. The molecule has 0 aliphatic rings. The molecule has 22 heavy (non-hydrogen) atoms. The van der Waals surface area contributed by atoms with Crippen molar-refractivity contribution in [3.05, 3.63) is 65.2 Å². The summed E-state index contributed by atoms with van der Waals surface area (Å²) in [6.07, 6.45) is 2.41. The lowest BCUT2D eigenvalue weighted by molar-refractivity contribution is -0.112. The van der Waals surface area contributed by atoms with Gasteiger partial charge in [0.05, 0.1) is 0 Å². The Morgan fingerprint density at radius 1 is 1.18 bits per heavy atom. The Kier molecular flexibility index (Phi) is 4.94. The van der Waals surface area contributed by atoms with Gasteiger partial charge in [0, 0.05) is 5.69 Å². The second kappa shape index (κ2) is 7.09. The number of aromatic hydroxyl groups is 1. The average molecular weight is 292 g/mol. The summed E-state index contributed by atoms with van der Waals surface area (Å²) in [5, 5.41) is 21.1. The third-order valence-electron chi connectivity index (χ3n) is 3.19. The topological polar surface area (TPSA) is 73.1 Å². The molecular formula is C18H16N2O2. The van der Waals surface area contributed by atoms with E-state index in [2.05, 4.69) is 12.2 Å². The van der Waals surface area contributed by atoms with Gasteiger partial charge in [0.1, 0.15) is 17.4 Å². The molecule has 0 atom stereocenters. The lowest BCUT2D eigenvalue weighted by atomic mass is 10.1. The van der Waals surface area contributed by atoms with Gasteiger partial charge in [-0.3, -0.25) is 4.79 Å². The van der Waals surface area contributed by atoms with Gasteiger partial charge in [-0.25, -0.2) is 0 Å². The van der Waals surface area contributed by atoms with Gasteiger partial charge >= 0.3 is 0 Å². The van der Waals surface area contributed by atoms with E-state index in [-0.39, 0.29) is 11.3 Å². The van der Waals surface area contributed by atoms with Crippen molar-refractivity contribution < 1.29 is 9.90 Å². The number of nitrogens with zero attached hydrogens (tertiary/aromatic N) is 1. The number of nitrogens with one attached hydrogen (secondary N) is 1. The second-order valence-electron chi connectivity index (χ2n) is 4.77. The van der Waals surface area contributed by atoms with Crippen LogP contribution in [0.15, 0.2) is 54.1 Å². The monoisotopic (exact) mass is 292 g/mol. The SMILES string of the molecule is CCc1ccc(NC(=O)/C(C#N)=C/c2ccc(O)cc2)cc1. The van der Waals surface area contributed by atoms with Crippen molar-refractivity contribution in [2.45, 2.75) is 13.3 Å². The number of hydrogen-bond acceptors (Lipinski definition) is 3. The Morgan fingerprint density at radius 2 is 1.82 bits per heavy atom. The highest BCUT2D eigenvalue weighted by molar-refractivity contribution is 6.09. The summed E-state index contributed by atoms with van der Waals surface area (Å²) in [6.45, 7) is 2.06. The van der Waals surface area contributed by atoms with E-state index in [0.29, 0.717) is 11.3 Å². The zero-order valence-electron chi connectivity index (χ0n) is 12.2. The van der Waals surface area contributed by atoms with Crippen molar-refractivity contribution in [3.63, 3.8) is 0 Å². The Morgan fingerprint density at radius 3 is 2.36 bits per heavy atom. The second-order valence-corrected chi connectivity index (χ2v) is 4.77. The zero-order chi connectivity index (χ0) is 15.9. The number of phenolic OH excluding ortho intramolecular Hbond substituents is 1. The highest BCUT2D eigenvalue weighted by atomic mass is 16.3. The minimum Gasteiger partial charge on any atom is -0.508 e. The van der Waals surface area contributed by atoms with Gasteiger partial charge < -0.3 is 10.4 Å². The van der Waals surface area contributed by atoms with Gasteiger partial charge in [0.2, 0.25) is 0 Å². The molecule has 2 aromatic rings. The zero-order valence-corrected chi connectivity index (χ0v) is 12.2. The molecule has 0 aromatic heterocycles. The van der Waals surface area contributed by atoms with E-state index >= 15 is 0 Å². The third kappa shape index (κ3) is 3.97. The minimum atomic E-state index is -0.458. The molecule has 2 aromatic carbocycles. The van der Waals surface area contributed by atoms with Crippen molar-refractivity contribution in [1.29, 1.82) is 5.26 Å². The molecule has 0 bridgehead atoms. The number of benzene rings is 2. The van der Waals surface area contributed by atoms with Crippen LogP contribution in [0.5, 0.6) is 5.75 Å². The molecule has 0 saturated heterocycles. The first-order chi connectivity index (χ1) is 10.6. The highest BCUT2D eigenvalue weighted by Gasteiger charge is 2.09. The molecule has 110 valence electrons. The summed E-state index contributed by atoms with van der Waals surface area (Å²) in [5.41, 5.74) is 2.50. The van der Waals surface area contributed by atoms with E-state index in [4.69, 9.17) is 5.26 Å². The van der Waals surface area contributed by atoms with E-state index in [0.717, 1.165) is 6.42 Å². The van der Waals surface area contributed by atoms with Crippen LogP contribution in [0.2, 0.25) is 0 Å². The first-order valence-corrected chi connectivity index (χ1v) is 6.93. The van der Waals surface area contributed by atoms with E-state index < -0.39 is 5.91 Å². The van der Waals surface area contributed by atoms with Gasteiger partial charge in [-0.2, -0.15) is 5.26 Å². The van der Waals surface area contributed by atoms with E-state index in [1.165, 1.54) is 23.8 Å². The van der Waals surface area contributed by atoms with Crippen LogP contribution in [0, 0.1) is 11.3 Å². The van der Waals surface area contributed by atoms with Crippen molar-refractivity contribution in [3.8, 4) is 11.8 Å². The van der Waals surface area contributed by atoms with Crippen LogP contribution >= 0.6 is 0 Å². The predicted octanol–water partition coefficient (Wildman–Crippen LogP) is 3.50. The first kappa shape index (κ1) is 15.3. The van der Waals surface area contributed by atoms with Crippen molar-refractivity contribution in [1.82, 2.24) is 0 Å². The quantitative estimate of drug-likeness (QED) is 0.669. The lowest BCUT2D eigenvalue weighted by Crippen LogP contribution is -2.13. The Balaban J connectivity index is 2.14. The van der Waals surface area contributed by atoms with Gasteiger partial charge in [0.15, 0.2) is 0 Å². The summed E-state index contributed by atoms with van der Waals surface area (Å²) >= 11 is 0. The van der Waals surface area contributed by atoms with E-state index in [1.54, 1.807) is 12.1 Å². The summed E-state index contributed by atoms with van der Waals surface area (Å²) in [5.74, 6) is -0.323. The van der Waals surface area contributed by atoms with E-state index in [1.807, 2.05) is 30.3 Å². The molecule has 0 saturated carbocycles. The maximum absolute atomic E-state index is 12.1. The lowest BCUT2D eigenvalue weighted by Gasteiger charge is -2.05. The third-order valence-corrected chi connectivity index (χ3v) is 3.19. The number of aryl methyl sites for hydroxylation is 1. The van der Waals surface area contributed by atoms with Crippen molar-refractivity contribution >= 4 is 17.7 Å². The average Bonchev–Trinajstić information content (AvgIpc) is 2.55. The molecule has 0 radical (unpaired) electrons. The van der Waals surface area contributed by atoms with Crippen LogP contribution in [-0.2, 0) is 11.2 Å². The number of phenols is 1. The number of amides is 1. The number of carbonyl (C=O) groups is 1. The normalized spacial score (nSPS) is 10.8. The first-order valence-electron chi connectivity index (χ1n) is 6.93. The van der Waals surface area contributed by atoms with Crippen LogP contribution in [-0.4, -0.2) is 11.0 Å². The Labute approximate surface area is 129 Å². The number of anilines is 1. The highest BCUT2D eigenvalue weighted by Crippen LogP contribution is 2.15. The van der Waals surface area contributed by atoms with Gasteiger partial charge in [-0.1, -0.05) is 31.2 Å². The molecule has 2 N–H and O–H groups in total. The molecule has 0 aliphatic carbocycles. The van der Waals surface area contributed by atoms with E-state index in [9.17, 15) is 9.90 Å². The van der Waals surface area contributed by atoms with Crippen LogP contribution in [0.1, 0.15) is 18.1 Å². The molecule has 0 fully saturated rings. The van der Waals surface area contributed by atoms with Gasteiger partial charge in [0.25, 0.3) is 5.91 Å². The van der Waals surface area contributed by atoms with Crippen molar-refractivity contribution in [2.75, 3.05) is 5.32 Å². The fraction of sp³-hybridized carbons (Fsp3) is 0.111. The minimum absolute atomic E-state index is 0.00487. The van der Waals surface area contributed by atoms with Crippen LogP contribution < -0.4 is 5.32 Å². The summed E-state index contributed by atoms with van der Waals surface area (Å²) in [6, 6.07) is 15.7. The number of hydrogen-bond donors (Lipinski definition) is 2. The Bertz CT molecular complexity index is 723. The molecular weight excluding hydrogens is 276 g/mol. The molecule has 0 aliphatic heterocycles. The standard InChI is InChI=1S/C18H16N2O2/c1-2-13-3-7-16(8-4-13)20-18(22)15(12-19)11-14-5-9-17(21)10-6-14/h3-11,21H,2H2,1H3,(H,20,22)/b15-11+. The molecule has 0 unspecified atom stereocenters. The molecule has 0 heterocycles.